The minimum atomic E-state index is -1.09. The van der Waals surface area contributed by atoms with Crippen LogP contribution in [0.15, 0.2) is 25.3 Å². The molecule has 3 rings (SSSR count). The first-order valence-corrected chi connectivity index (χ1v) is 13.3. The molecule has 3 fully saturated rings. The Bertz CT molecular complexity index is 881. The fourth-order valence-corrected chi connectivity index (χ4v) is 6.53. The van der Waals surface area contributed by atoms with Gasteiger partial charge in [0.05, 0.1) is 30.6 Å². The van der Waals surface area contributed by atoms with E-state index in [4.69, 9.17) is 4.74 Å². The normalized spacial score (nSPS) is 29.9. The van der Waals surface area contributed by atoms with E-state index in [9.17, 15) is 19.5 Å². The van der Waals surface area contributed by atoms with Gasteiger partial charge in [-0.15, -0.1) is 13.2 Å². The van der Waals surface area contributed by atoms with Gasteiger partial charge in [-0.1, -0.05) is 32.9 Å². The number of amides is 3. The molecule has 36 heavy (non-hydrogen) atoms. The summed E-state index contributed by atoms with van der Waals surface area (Å²) in [6, 6.07) is -1.47. The van der Waals surface area contributed by atoms with Crippen LogP contribution in [0.4, 0.5) is 0 Å². The van der Waals surface area contributed by atoms with Crippen LogP contribution in [0.25, 0.3) is 0 Å². The molecule has 3 saturated heterocycles. The lowest BCUT2D eigenvalue weighted by Gasteiger charge is -2.44. The highest BCUT2D eigenvalue weighted by atomic mass is 16.5. The summed E-state index contributed by atoms with van der Waals surface area (Å²) < 4.78 is 6.58. The summed E-state index contributed by atoms with van der Waals surface area (Å²) in [5.41, 5.74) is -1.60. The Morgan fingerprint density at radius 1 is 1.22 bits per heavy atom. The monoisotopic (exact) mass is 503 g/mol. The van der Waals surface area contributed by atoms with Crippen molar-refractivity contribution in [2.75, 3.05) is 26.2 Å². The summed E-state index contributed by atoms with van der Waals surface area (Å²) in [6.07, 6.45) is 4.92. The molecule has 2 unspecified atom stereocenters. The van der Waals surface area contributed by atoms with Gasteiger partial charge in [-0.3, -0.25) is 14.4 Å². The number of aliphatic hydroxyl groups is 1. The van der Waals surface area contributed by atoms with Crippen molar-refractivity contribution in [3.05, 3.63) is 25.3 Å². The van der Waals surface area contributed by atoms with Crippen molar-refractivity contribution in [3.8, 4) is 0 Å². The topological polar surface area (TPSA) is 90.4 Å². The Labute approximate surface area is 216 Å². The molecule has 3 heterocycles. The lowest BCUT2D eigenvalue weighted by atomic mass is 9.70. The van der Waals surface area contributed by atoms with Gasteiger partial charge < -0.3 is 24.5 Å². The smallest absolute Gasteiger partial charge is 0.249 e. The molecule has 3 amide bonds. The third-order valence-corrected chi connectivity index (χ3v) is 8.11. The van der Waals surface area contributed by atoms with Crippen molar-refractivity contribution >= 4 is 17.7 Å². The van der Waals surface area contributed by atoms with Gasteiger partial charge in [0.15, 0.2) is 0 Å². The molecule has 1 spiro atoms. The minimum absolute atomic E-state index is 0.0873. The zero-order valence-electron chi connectivity index (χ0n) is 22.9. The van der Waals surface area contributed by atoms with E-state index in [1.807, 2.05) is 41.5 Å². The van der Waals surface area contributed by atoms with E-state index < -0.39 is 41.2 Å². The van der Waals surface area contributed by atoms with Crippen LogP contribution in [0.5, 0.6) is 0 Å². The first-order valence-electron chi connectivity index (χ1n) is 13.3. The fraction of sp³-hybridized carbons (Fsp3) is 0.750. The zero-order valence-corrected chi connectivity index (χ0v) is 22.9. The Balaban J connectivity index is 2.13. The van der Waals surface area contributed by atoms with Crippen LogP contribution in [-0.2, 0) is 19.1 Å². The third kappa shape index (κ3) is 4.51. The summed E-state index contributed by atoms with van der Waals surface area (Å²) in [4.78, 5) is 47.4. The van der Waals surface area contributed by atoms with E-state index in [0.29, 0.717) is 32.5 Å². The molecule has 0 aliphatic carbocycles. The zero-order chi connectivity index (χ0) is 27.0. The van der Waals surface area contributed by atoms with Gasteiger partial charge in [-0.05, 0) is 46.0 Å². The summed E-state index contributed by atoms with van der Waals surface area (Å²) in [6.45, 7) is 20.4. The van der Waals surface area contributed by atoms with Crippen LogP contribution >= 0.6 is 0 Å². The van der Waals surface area contributed by atoms with E-state index in [1.165, 1.54) is 0 Å². The van der Waals surface area contributed by atoms with Crippen molar-refractivity contribution in [2.24, 2.45) is 17.8 Å². The molecule has 8 heteroatoms. The number of nitrogens with zero attached hydrogens (tertiary/aromatic N) is 3. The highest BCUT2D eigenvalue weighted by Gasteiger charge is 2.75. The maximum atomic E-state index is 14.3. The molecule has 3 aliphatic heterocycles. The first kappa shape index (κ1) is 28.4. The van der Waals surface area contributed by atoms with Crippen molar-refractivity contribution < 1.29 is 24.2 Å². The van der Waals surface area contributed by atoms with E-state index in [1.54, 1.807) is 26.9 Å². The molecule has 0 radical (unpaired) electrons. The largest absolute Gasteiger partial charge is 0.394 e. The van der Waals surface area contributed by atoms with E-state index in [2.05, 4.69) is 13.2 Å². The molecular weight excluding hydrogens is 458 g/mol. The SMILES string of the molecule is C=CCN(CCC)C(=O)[C@@H]1[C@@H]2CCC3(O2)C(C(=O)N(CC=C)C(C)(C)C)N([C@@H](CO)C(C)C)C(=O)[C@H]13. The maximum Gasteiger partial charge on any atom is 0.249 e. The molecular formula is C28H45N3O5. The van der Waals surface area contributed by atoms with Crippen LogP contribution in [0.1, 0.15) is 60.8 Å². The number of rotatable bonds is 11. The predicted octanol–water partition coefficient (Wildman–Crippen LogP) is 2.62. The van der Waals surface area contributed by atoms with Gasteiger partial charge in [-0.2, -0.15) is 0 Å². The highest BCUT2D eigenvalue weighted by Crippen LogP contribution is 2.59. The van der Waals surface area contributed by atoms with E-state index in [0.717, 1.165) is 6.42 Å². The Hall–Kier alpha value is -2.19. The number of fused-ring (bicyclic) bond motifs is 1. The molecule has 8 nitrogen and oxygen atoms in total. The molecule has 6 atom stereocenters. The molecule has 0 aromatic rings. The molecule has 0 aromatic heterocycles. The van der Waals surface area contributed by atoms with E-state index >= 15 is 0 Å². The summed E-state index contributed by atoms with van der Waals surface area (Å²) >= 11 is 0. The molecule has 202 valence electrons. The van der Waals surface area contributed by atoms with Crippen LogP contribution < -0.4 is 0 Å². The van der Waals surface area contributed by atoms with Gasteiger partial charge in [0.1, 0.15) is 11.6 Å². The fourth-order valence-electron chi connectivity index (χ4n) is 6.53. The van der Waals surface area contributed by atoms with Gasteiger partial charge in [0.2, 0.25) is 17.7 Å². The standard InChI is InChI=1S/C28H45N3O5/c1-9-14-29(15-10-2)24(33)21-20-12-13-28(36-20)22(21)25(34)31(19(17-32)18(4)5)23(28)26(35)30(16-11-3)27(6,7)8/h9,11,18-23,32H,1,3,10,12-17H2,2,4-8H3/t19-,20-,21+,22-,23?,28?/m0/s1. The first-order chi connectivity index (χ1) is 16.9. The molecule has 0 saturated carbocycles. The van der Waals surface area contributed by atoms with E-state index in [-0.39, 0.29) is 30.2 Å². The number of likely N-dealkylation sites (tertiary alicyclic amines) is 1. The average Bonchev–Trinajstić information content (AvgIpc) is 3.44. The van der Waals surface area contributed by atoms with Crippen LogP contribution in [0, 0.1) is 17.8 Å². The Morgan fingerprint density at radius 2 is 1.86 bits per heavy atom. The number of aliphatic hydroxyl groups excluding tert-OH is 1. The minimum Gasteiger partial charge on any atom is -0.394 e. The lowest BCUT2D eigenvalue weighted by molar-refractivity contribution is -0.155. The van der Waals surface area contributed by atoms with Crippen molar-refractivity contribution in [1.29, 1.82) is 0 Å². The number of carbonyl (C=O) groups is 3. The number of hydrogen-bond donors (Lipinski definition) is 1. The van der Waals surface area contributed by atoms with Gasteiger partial charge in [0, 0.05) is 25.2 Å². The molecule has 2 bridgehead atoms. The Morgan fingerprint density at radius 3 is 2.36 bits per heavy atom. The number of ether oxygens (including phenoxy) is 1. The highest BCUT2D eigenvalue weighted by molar-refractivity contribution is 5.99. The van der Waals surface area contributed by atoms with Crippen LogP contribution in [-0.4, -0.2) is 93.1 Å². The molecule has 3 aliphatic rings. The summed E-state index contributed by atoms with van der Waals surface area (Å²) in [5.74, 6) is -2.08. The predicted molar refractivity (Wildman–Crippen MR) is 139 cm³/mol. The molecule has 1 N–H and O–H groups in total. The van der Waals surface area contributed by atoms with Gasteiger partial charge >= 0.3 is 0 Å². The third-order valence-electron chi connectivity index (χ3n) is 8.11. The van der Waals surface area contributed by atoms with Crippen molar-refractivity contribution in [1.82, 2.24) is 14.7 Å². The average molecular weight is 504 g/mol. The molecule has 0 aromatic carbocycles. The number of carbonyl (C=O) groups excluding carboxylic acids is 3. The van der Waals surface area contributed by atoms with Crippen LogP contribution in [0.3, 0.4) is 0 Å². The summed E-state index contributed by atoms with van der Waals surface area (Å²) in [5, 5.41) is 10.3. The van der Waals surface area contributed by atoms with Gasteiger partial charge in [0.25, 0.3) is 0 Å². The second-order valence-corrected chi connectivity index (χ2v) is 11.8. The second-order valence-electron chi connectivity index (χ2n) is 11.8. The maximum absolute atomic E-state index is 14.3. The van der Waals surface area contributed by atoms with Gasteiger partial charge in [-0.25, -0.2) is 0 Å². The Kier molecular flexibility index (Phi) is 8.40. The second kappa shape index (κ2) is 10.7. The number of hydrogen-bond acceptors (Lipinski definition) is 5. The quantitative estimate of drug-likeness (QED) is 0.438. The lowest BCUT2D eigenvalue weighted by Crippen LogP contribution is -2.62. The van der Waals surface area contributed by atoms with Crippen molar-refractivity contribution in [3.63, 3.8) is 0 Å². The van der Waals surface area contributed by atoms with Crippen LogP contribution in [0.2, 0.25) is 0 Å². The summed E-state index contributed by atoms with van der Waals surface area (Å²) in [7, 11) is 0. The van der Waals surface area contributed by atoms with Crippen molar-refractivity contribution in [2.45, 2.75) is 90.1 Å².